The minimum absolute atomic E-state index is 0.128. The van der Waals surface area contributed by atoms with Gasteiger partial charge in [0.2, 0.25) is 0 Å². The first-order chi connectivity index (χ1) is 18.8. The Bertz CT molecular complexity index is 1400. The van der Waals surface area contributed by atoms with E-state index in [2.05, 4.69) is 0 Å². The largest absolute Gasteiger partial charge is 0.454 e. The van der Waals surface area contributed by atoms with Crippen LogP contribution in [-0.4, -0.2) is 36.7 Å². The molecule has 0 amide bonds. The van der Waals surface area contributed by atoms with E-state index in [0.717, 1.165) is 0 Å². The molecular weight excluding hydrogens is 496 g/mol. The third-order valence-corrected chi connectivity index (χ3v) is 5.94. The second kappa shape index (κ2) is 12.3. The molecule has 4 aromatic rings. The Labute approximate surface area is 225 Å². The molecule has 0 radical (unpaired) electrons. The van der Waals surface area contributed by atoms with E-state index in [1.807, 2.05) is 0 Å². The molecule has 0 spiro atoms. The molecule has 0 fully saturated rings. The molecule has 0 aliphatic carbocycles. The number of nitrogen functional groups attached to an aromatic ring is 2. The zero-order valence-corrected chi connectivity index (χ0v) is 21.0. The Balaban J connectivity index is 1.41. The number of carbonyl (C=O) groups excluding carboxylic acids is 4. The first-order valence-corrected chi connectivity index (χ1v) is 12.1. The van der Waals surface area contributed by atoms with Gasteiger partial charge in [0, 0.05) is 22.5 Å². The van der Waals surface area contributed by atoms with E-state index in [4.69, 9.17) is 20.9 Å². The maximum absolute atomic E-state index is 12.7. The second-order valence-corrected chi connectivity index (χ2v) is 8.75. The summed E-state index contributed by atoms with van der Waals surface area (Å²) < 4.78 is 10.4. The lowest BCUT2D eigenvalue weighted by molar-refractivity contribution is 0.0473. The SMILES string of the molecule is Nc1ccc(Cc2ccc(N)c(C(=O)OCC(=O)c3ccccc3)c2)cc1C(=O)OCC(=O)c1ccccc1. The van der Waals surface area contributed by atoms with Crippen molar-refractivity contribution in [2.45, 2.75) is 6.42 Å². The number of carbonyl (C=O) groups is 4. The van der Waals surface area contributed by atoms with Gasteiger partial charge >= 0.3 is 11.9 Å². The van der Waals surface area contributed by atoms with Crippen LogP contribution in [-0.2, 0) is 15.9 Å². The van der Waals surface area contributed by atoms with Crippen LogP contribution >= 0.6 is 0 Å². The Morgan fingerprint density at radius 2 is 0.923 bits per heavy atom. The lowest BCUT2D eigenvalue weighted by Crippen LogP contribution is -2.16. The van der Waals surface area contributed by atoms with Gasteiger partial charge in [0.1, 0.15) is 0 Å². The summed E-state index contributed by atoms with van der Waals surface area (Å²) >= 11 is 0. The minimum atomic E-state index is -0.719. The predicted octanol–water partition coefficient (Wildman–Crippen LogP) is 4.52. The average Bonchev–Trinajstić information content (AvgIpc) is 2.97. The molecule has 0 aliphatic heterocycles. The van der Waals surface area contributed by atoms with Crippen molar-refractivity contribution in [3.8, 4) is 0 Å². The molecule has 0 unspecified atom stereocenters. The molecule has 8 heteroatoms. The quantitative estimate of drug-likeness (QED) is 0.176. The maximum atomic E-state index is 12.7. The highest BCUT2D eigenvalue weighted by Gasteiger charge is 2.17. The fourth-order valence-electron chi connectivity index (χ4n) is 3.85. The van der Waals surface area contributed by atoms with Crippen molar-refractivity contribution >= 4 is 34.9 Å². The van der Waals surface area contributed by atoms with Gasteiger partial charge in [0.05, 0.1) is 11.1 Å². The van der Waals surface area contributed by atoms with Crippen LogP contribution in [0.5, 0.6) is 0 Å². The number of benzene rings is 4. The topological polar surface area (TPSA) is 139 Å². The fourth-order valence-corrected chi connectivity index (χ4v) is 3.85. The standard InChI is InChI=1S/C31H26N2O6/c32-26-13-11-20(16-24(26)30(36)38-18-28(34)22-7-3-1-4-8-22)15-21-12-14-27(33)25(17-21)31(37)39-19-29(35)23-9-5-2-6-10-23/h1-14,16-17H,15,18-19,32-33H2. The van der Waals surface area contributed by atoms with Gasteiger partial charge in [0.15, 0.2) is 24.8 Å². The van der Waals surface area contributed by atoms with Gasteiger partial charge in [-0.05, 0) is 41.8 Å². The van der Waals surface area contributed by atoms with E-state index in [-0.39, 0.29) is 34.1 Å². The smallest absolute Gasteiger partial charge is 0.340 e. The summed E-state index contributed by atoms with van der Waals surface area (Å²) in [5.41, 5.74) is 15.0. The first kappa shape index (κ1) is 26.8. The van der Waals surface area contributed by atoms with Crippen molar-refractivity contribution in [1.29, 1.82) is 0 Å². The molecule has 0 atom stereocenters. The zero-order chi connectivity index (χ0) is 27.8. The number of hydrogen-bond donors (Lipinski definition) is 2. The third kappa shape index (κ3) is 6.95. The number of anilines is 2. The van der Waals surface area contributed by atoms with Gasteiger partial charge in [-0.1, -0.05) is 72.8 Å². The van der Waals surface area contributed by atoms with Gasteiger partial charge in [-0.2, -0.15) is 0 Å². The van der Waals surface area contributed by atoms with Crippen molar-refractivity contribution in [1.82, 2.24) is 0 Å². The van der Waals surface area contributed by atoms with E-state index in [9.17, 15) is 19.2 Å². The number of nitrogens with two attached hydrogens (primary N) is 2. The van der Waals surface area contributed by atoms with Crippen LogP contribution in [0.3, 0.4) is 0 Å². The Hall–Kier alpha value is -5.24. The van der Waals surface area contributed by atoms with Crippen LogP contribution in [0.4, 0.5) is 11.4 Å². The van der Waals surface area contributed by atoms with Crippen LogP contribution in [0.25, 0.3) is 0 Å². The molecule has 0 heterocycles. The molecule has 0 bridgehead atoms. The van der Waals surface area contributed by atoms with Crippen molar-refractivity contribution in [3.05, 3.63) is 130 Å². The molecule has 0 aliphatic rings. The molecule has 8 nitrogen and oxygen atoms in total. The number of rotatable bonds is 10. The molecule has 4 rings (SSSR count). The Morgan fingerprint density at radius 3 is 1.31 bits per heavy atom. The average molecular weight is 523 g/mol. The van der Waals surface area contributed by atoms with Gasteiger partial charge < -0.3 is 20.9 Å². The first-order valence-electron chi connectivity index (χ1n) is 12.1. The second-order valence-electron chi connectivity index (χ2n) is 8.75. The van der Waals surface area contributed by atoms with E-state index in [1.54, 1.807) is 97.1 Å². The fraction of sp³-hybridized carbons (Fsp3) is 0.0968. The summed E-state index contributed by atoms with van der Waals surface area (Å²) in [5.74, 6) is -2.09. The van der Waals surface area contributed by atoms with E-state index >= 15 is 0 Å². The summed E-state index contributed by atoms with van der Waals surface area (Å²) in [4.78, 5) is 49.9. The summed E-state index contributed by atoms with van der Waals surface area (Å²) in [6.45, 7) is -0.828. The normalized spacial score (nSPS) is 10.5. The van der Waals surface area contributed by atoms with E-state index < -0.39 is 25.2 Å². The molecule has 196 valence electrons. The van der Waals surface area contributed by atoms with Gasteiger partial charge in [-0.3, -0.25) is 9.59 Å². The van der Waals surface area contributed by atoms with Gasteiger partial charge in [-0.15, -0.1) is 0 Å². The number of esters is 2. The molecular formula is C31H26N2O6. The molecule has 4 N–H and O–H groups in total. The highest BCUT2D eigenvalue weighted by atomic mass is 16.5. The number of Topliss-reactive ketones (excluding diaryl/α,β-unsaturated/α-hetero) is 2. The highest BCUT2D eigenvalue weighted by Crippen LogP contribution is 2.21. The van der Waals surface area contributed by atoms with E-state index in [1.165, 1.54) is 0 Å². The summed E-state index contributed by atoms with van der Waals surface area (Å²) in [6, 6.07) is 26.8. The molecule has 0 saturated heterocycles. The van der Waals surface area contributed by atoms with Crippen molar-refractivity contribution < 1.29 is 28.7 Å². The van der Waals surface area contributed by atoms with Crippen LogP contribution in [0.15, 0.2) is 97.1 Å². The Kier molecular flexibility index (Phi) is 8.48. The maximum Gasteiger partial charge on any atom is 0.340 e. The van der Waals surface area contributed by atoms with Crippen LogP contribution in [0.2, 0.25) is 0 Å². The predicted molar refractivity (Wildman–Crippen MR) is 147 cm³/mol. The molecule has 4 aromatic carbocycles. The summed E-state index contributed by atoms with van der Waals surface area (Å²) in [5, 5.41) is 0. The van der Waals surface area contributed by atoms with Crippen molar-refractivity contribution in [2.24, 2.45) is 0 Å². The number of ether oxygens (including phenoxy) is 2. The monoisotopic (exact) mass is 522 g/mol. The lowest BCUT2D eigenvalue weighted by Gasteiger charge is -2.11. The molecule has 39 heavy (non-hydrogen) atoms. The molecule has 0 aromatic heterocycles. The van der Waals surface area contributed by atoms with Crippen molar-refractivity contribution in [2.75, 3.05) is 24.7 Å². The van der Waals surface area contributed by atoms with Crippen molar-refractivity contribution in [3.63, 3.8) is 0 Å². The number of ketones is 2. The summed E-state index contributed by atoms with van der Waals surface area (Å²) in [6.07, 6.45) is 0.340. The van der Waals surface area contributed by atoms with Gasteiger partial charge in [-0.25, -0.2) is 9.59 Å². The van der Waals surface area contributed by atoms with Crippen LogP contribution in [0.1, 0.15) is 52.6 Å². The minimum Gasteiger partial charge on any atom is -0.454 e. The number of hydrogen-bond acceptors (Lipinski definition) is 8. The lowest BCUT2D eigenvalue weighted by atomic mass is 9.99. The highest BCUT2D eigenvalue weighted by molar-refractivity contribution is 6.01. The summed E-state index contributed by atoms with van der Waals surface area (Å²) in [7, 11) is 0. The van der Waals surface area contributed by atoms with Crippen LogP contribution in [0, 0.1) is 0 Å². The molecule has 0 saturated carbocycles. The van der Waals surface area contributed by atoms with Gasteiger partial charge in [0.25, 0.3) is 0 Å². The Morgan fingerprint density at radius 1 is 0.538 bits per heavy atom. The van der Waals surface area contributed by atoms with E-state index in [0.29, 0.717) is 28.7 Å². The third-order valence-electron chi connectivity index (χ3n) is 5.94. The van der Waals surface area contributed by atoms with Crippen LogP contribution < -0.4 is 11.5 Å². The zero-order valence-electron chi connectivity index (χ0n) is 21.0.